The van der Waals surface area contributed by atoms with E-state index in [0.29, 0.717) is 42.5 Å². The van der Waals surface area contributed by atoms with Crippen LogP contribution in [0.15, 0.2) is 0 Å². The van der Waals surface area contributed by atoms with Crippen LogP contribution in [0.1, 0.15) is 59.8 Å². The minimum absolute atomic E-state index is 0.00419. The Hall–Kier alpha value is -0.630. The molecule has 5 fully saturated rings. The molecule has 2 aliphatic carbocycles. The van der Waals surface area contributed by atoms with Gasteiger partial charge < -0.3 is 15.0 Å². The van der Waals surface area contributed by atoms with Crippen LogP contribution in [-0.4, -0.2) is 82.9 Å². The molecule has 10 nitrogen and oxygen atoms in total. The van der Waals surface area contributed by atoms with E-state index < -0.39 is 21.6 Å². The number of urea groups is 1. The van der Waals surface area contributed by atoms with Crippen molar-refractivity contribution in [1.82, 2.24) is 30.7 Å². The topological polar surface area (TPSA) is 115 Å². The molecular weight excluding hydrogens is 452 g/mol. The van der Waals surface area contributed by atoms with Gasteiger partial charge in [-0.1, -0.05) is 0 Å². The molecule has 3 aliphatic heterocycles. The van der Waals surface area contributed by atoms with Crippen molar-refractivity contribution in [2.24, 2.45) is 0 Å². The van der Waals surface area contributed by atoms with E-state index in [4.69, 9.17) is 4.74 Å². The van der Waals surface area contributed by atoms with Gasteiger partial charge in [-0.05, 0) is 59.8 Å². The molecule has 5 aliphatic rings. The predicted molar refractivity (Wildman–Crippen MR) is 123 cm³/mol. The summed E-state index contributed by atoms with van der Waals surface area (Å²) >= 11 is 1.87. The van der Waals surface area contributed by atoms with E-state index >= 15 is 0 Å². The first-order chi connectivity index (χ1) is 15.1. The number of amides is 2. The number of ether oxygens (including phenoxy) is 1. The maximum atomic E-state index is 13.6. The lowest BCUT2D eigenvalue weighted by atomic mass is 9.89. The van der Waals surface area contributed by atoms with E-state index in [2.05, 4.69) is 34.7 Å². The summed E-state index contributed by atoms with van der Waals surface area (Å²) in [6, 6.07) is 0.0379. The summed E-state index contributed by atoms with van der Waals surface area (Å²) < 4.78 is 35.1. The summed E-state index contributed by atoms with van der Waals surface area (Å²) in [5.41, 5.74) is 5.79. The van der Waals surface area contributed by atoms with Gasteiger partial charge >= 0.3 is 6.03 Å². The molecule has 8 atom stereocenters. The molecule has 2 saturated carbocycles. The lowest BCUT2D eigenvalue weighted by Crippen LogP contribution is -2.54. The Morgan fingerprint density at radius 1 is 1.19 bits per heavy atom. The summed E-state index contributed by atoms with van der Waals surface area (Å²) in [6.45, 7) is 8.80. The molecule has 3 saturated heterocycles. The predicted octanol–water partition coefficient (Wildman–Crippen LogP) is 0.679. The van der Waals surface area contributed by atoms with Crippen LogP contribution in [0.4, 0.5) is 4.79 Å². The molecule has 12 heteroatoms. The number of fused-ring (bicyclic) bond motifs is 1. The Labute approximate surface area is 194 Å². The molecule has 0 bridgehead atoms. The lowest BCUT2D eigenvalue weighted by molar-refractivity contribution is -0.0488. The molecule has 4 N–H and O–H groups in total. The van der Waals surface area contributed by atoms with Crippen molar-refractivity contribution in [2.75, 3.05) is 6.54 Å². The van der Waals surface area contributed by atoms with E-state index in [1.165, 1.54) is 0 Å². The van der Waals surface area contributed by atoms with Gasteiger partial charge in [-0.3, -0.25) is 4.90 Å². The van der Waals surface area contributed by atoms with Gasteiger partial charge in [0.2, 0.25) is 16.4 Å². The standard InChI is InChI=1S/C20H36N6O4S2/c1-11-17(31-13(3)21-11)10-25-15-6-5-14(32(28,29)24-20(4)7-8-20)9-16(15)26(19(25)27)18-23-22-12(2)30-18/h11-18,21-24H,5-10H2,1-4H3. The average molecular weight is 489 g/mol. The van der Waals surface area contributed by atoms with Gasteiger partial charge in [-0.15, -0.1) is 11.8 Å². The zero-order chi connectivity index (χ0) is 22.8. The molecule has 8 unspecified atom stereocenters. The molecule has 0 aromatic carbocycles. The number of sulfonamides is 1. The van der Waals surface area contributed by atoms with Crippen LogP contribution in [0.25, 0.3) is 0 Å². The van der Waals surface area contributed by atoms with Crippen LogP contribution in [0.3, 0.4) is 0 Å². The second kappa shape index (κ2) is 8.24. The Balaban J connectivity index is 1.37. The van der Waals surface area contributed by atoms with E-state index in [9.17, 15) is 13.2 Å². The number of rotatable bonds is 6. The van der Waals surface area contributed by atoms with Crippen LogP contribution in [0.5, 0.6) is 0 Å². The Morgan fingerprint density at radius 3 is 2.53 bits per heavy atom. The molecule has 182 valence electrons. The van der Waals surface area contributed by atoms with Crippen molar-refractivity contribution < 1.29 is 17.9 Å². The van der Waals surface area contributed by atoms with Gasteiger partial charge in [0.05, 0.1) is 22.7 Å². The SMILES string of the molecule is CC1NNC(N2C(=O)N(CC3SC(C)NC3C)C3CCC(S(=O)(=O)NC4(C)CC4)CC32)O1. The molecular formula is C20H36N6O4S2. The number of hydrogen-bond donors (Lipinski definition) is 4. The zero-order valence-electron chi connectivity index (χ0n) is 19.2. The van der Waals surface area contributed by atoms with E-state index in [1.54, 1.807) is 4.90 Å². The third-order valence-electron chi connectivity index (χ3n) is 7.59. The van der Waals surface area contributed by atoms with Crippen molar-refractivity contribution in [3.8, 4) is 0 Å². The second-order valence-electron chi connectivity index (χ2n) is 10.3. The minimum atomic E-state index is -3.45. The van der Waals surface area contributed by atoms with Gasteiger partial charge in [0.15, 0.2) is 0 Å². The monoisotopic (exact) mass is 488 g/mol. The van der Waals surface area contributed by atoms with Crippen molar-refractivity contribution in [3.63, 3.8) is 0 Å². The molecule has 3 heterocycles. The number of nitrogens with one attached hydrogen (secondary N) is 4. The smallest absolute Gasteiger partial charge is 0.323 e. The third-order valence-corrected chi connectivity index (χ3v) is 11.1. The van der Waals surface area contributed by atoms with Crippen molar-refractivity contribution in [3.05, 3.63) is 0 Å². The van der Waals surface area contributed by atoms with Crippen LogP contribution in [0.2, 0.25) is 0 Å². The summed E-state index contributed by atoms with van der Waals surface area (Å²) in [5, 5.41) is 3.70. The summed E-state index contributed by atoms with van der Waals surface area (Å²) in [4.78, 5) is 17.4. The van der Waals surface area contributed by atoms with E-state index in [0.717, 1.165) is 12.8 Å². The quantitative estimate of drug-likeness (QED) is 0.432. The van der Waals surface area contributed by atoms with Gasteiger partial charge in [0, 0.05) is 23.4 Å². The average Bonchev–Trinajstić information content (AvgIpc) is 3.01. The van der Waals surface area contributed by atoms with Crippen LogP contribution in [-0.2, 0) is 14.8 Å². The molecule has 2 amide bonds. The first kappa shape index (κ1) is 23.1. The highest BCUT2D eigenvalue weighted by Gasteiger charge is 2.55. The Bertz CT molecular complexity index is 855. The van der Waals surface area contributed by atoms with Crippen LogP contribution < -0.4 is 20.9 Å². The first-order valence-corrected chi connectivity index (χ1v) is 14.2. The fraction of sp³-hybridized carbons (Fsp3) is 0.950. The highest BCUT2D eigenvalue weighted by molar-refractivity contribution is 8.00. The summed E-state index contributed by atoms with van der Waals surface area (Å²) in [6.07, 6.45) is 2.62. The van der Waals surface area contributed by atoms with Gasteiger partial charge in [0.25, 0.3) is 0 Å². The van der Waals surface area contributed by atoms with E-state index in [1.807, 2.05) is 30.5 Å². The third kappa shape index (κ3) is 4.27. The number of carbonyl (C=O) groups is 1. The number of hydrazine groups is 1. The Kier molecular flexibility index (Phi) is 5.96. The highest BCUT2D eigenvalue weighted by atomic mass is 32.2. The number of nitrogens with zero attached hydrogens (tertiary/aromatic N) is 2. The molecule has 32 heavy (non-hydrogen) atoms. The normalized spacial score (nSPS) is 43.7. The first-order valence-electron chi connectivity index (χ1n) is 11.8. The van der Waals surface area contributed by atoms with Gasteiger partial charge in [0.1, 0.15) is 6.23 Å². The minimum Gasteiger partial charge on any atom is -0.324 e. The Morgan fingerprint density at radius 2 is 1.94 bits per heavy atom. The number of hydrogen-bond acceptors (Lipinski definition) is 8. The van der Waals surface area contributed by atoms with Crippen LogP contribution in [0, 0.1) is 0 Å². The summed E-state index contributed by atoms with van der Waals surface area (Å²) in [5.74, 6) is 0. The highest BCUT2D eigenvalue weighted by Crippen LogP contribution is 2.41. The molecule has 5 rings (SSSR count). The fourth-order valence-electron chi connectivity index (χ4n) is 5.55. The lowest BCUT2D eigenvalue weighted by Gasteiger charge is -2.37. The van der Waals surface area contributed by atoms with Crippen molar-refractivity contribution in [2.45, 2.75) is 112 Å². The largest absolute Gasteiger partial charge is 0.324 e. The van der Waals surface area contributed by atoms with Crippen LogP contribution >= 0.6 is 11.8 Å². The molecule has 0 aromatic heterocycles. The fourth-order valence-corrected chi connectivity index (χ4v) is 8.88. The maximum Gasteiger partial charge on any atom is 0.323 e. The summed E-state index contributed by atoms with van der Waals surface area (Å²) in [7, 11) is -3.45. The van der Waals surface area contributed by atoms with Crippen molar-refractivity contribution in [1.29, 1.82) is 0 Å². The second-order valence-corrected chi connectivity index (χ2v) is 13.9. The molecule has 0 radical (unpaired) electrons. The van der Waals surface area contributed by atoms with Gasteiger partial charge in [-0.25, -0.2) is 28.8 Å². The maximum absolute atomic E-state index is 13.6. The van der Waals surface area contributed by atoms with Gasteiger partial charge in [-0.2, -0.15) is 0 Å². The number of thioether (sulfide) groups is 1. The van der Waals surface area contributed by atoms with E-state index in [-0.39, 0.29) is 29.9 Å². The zero-order valence-corrected chi connectivity index (χ0v) is 20.8. The number of carbonyl (C=O) groups excluding carboxylic acids is 1. The molecule has 0 aromatic rings. The molecule has 0 spiro atoms. The van der Waals surface area contributed by atoms with Crippen molar-refractivity contribution >= 4 is 27.8 Å².